The summed E-state index contributed by atoms with van der Waals surface area (Å²) < 4.78 is 5.49. The van der Waals surface area contributed by atoms with Crippen LogP contribution in [0.25, 0.3) is 0 Å². The highest BCUT2D eigenvalue weighted by molar-refractivity contribution is 6.42. The van der Waals surface area contributed by atoms with Gasteiger partial charge in [0.15, 0.2) is 0 Å². The second-order valence-corrected chi connectivity index (χ2v) is 8.90. The molecule has 6 heteroatoms. The molecule has 2 aliphatic rings. The van der Waals surface area contributed by atoms with Gasteiger partial charge >= 0.3 is 6.09 Å². The summed E-state index contributed by atoms with van der Waals surface area (Å²) in [7, 11) is 0. The third-order valence-corrected chi connectivity index (χ3v) is 6.30. The number of hydrogen-bond donors (Lipinski definition) is 1. The topological polar surface area (TPSA) is 49.8 Å². The van der Waals surface area contributed by atoms with Gasteiger partial charge in [0.05, 0.1) is 10.0 Å². The quantitative estimate of drug-likeness (QED) is 0.850. The van der Waals surface area contributed by atoms with E-state index in [9.17, 15) is 9.90 Å². The van der Waals surface area contributed by atoms with Gasteiger partial charge in [0.25, 0.3) is 0 Å². The number of halogens is 2. The van der Waals surface area contributed by atoms with Gasteiger partial charge in [-0.05, 0) is 44.4 Å². The number of nitrogens with zero attached hydrogens (tertiary/aromatic N) is 1. The summed E-state index contributed by atoms with van der Waals surface area (Å²) in [6.45, 7) is 8.79. The summed E-state index contributed by atoms with van der Waals surface area (Å²) >= 11 is 12.2. The summed E-state index contributed by atoms with van der Waals surface area (Å²) in [5, 5.41) is 10.9. The van der Waals surface area contributed by atoms with Crippen LogP contribution in [-0.2, 0) is 10.2 Å². The normalized spacial score (nSPS) is 31.8. The molecule has 1 heterocycles. The van der Waals surface area contributed by atoms with Crippen molar-refractivity contribution in [2.45, 2.75) is 38.7 Å². The predicted molar refractivity (Wildman–Crippen MR) is 94.6 cm³/mol. The lowest BCUT2D eigenvalue weighted by atomic mass is 9.87. The number of likely N-dealkylation sites (tertiary alicyclic amines) is 1. The number of amides is 1. The van der Waals surface area contributed by atoms with Gasteiger partial charge in [-0.3, -0.25) is 0 Å². The number of carbonyl (C=O) groups is 1. The first-order valence-electron chi connectivity index (χ1n) is 8.09. The maximum absolute atomic E-state index is 12.4. The van der Waals surface area contributed by atoms with Gasteiger partial charge in [0.2, 0.25) is 0 Å². The molecule has 3 rings (SSSR count). The molecule has 132 valence electrons. The summed E-state index contributed by atoms with van der Waals surface area (Å²) in [6.07, 6.45) is -0.311. The molecular formula is C18H23Cl2NO3. The van der Waals surface area contributed by atoms with Crippen LogP contribution in [0.15, 0.2) is 18.2 Å². The SMILES string of the molecule is CC(C)(C)OC(=O)N1CC2C(C)(CO)C2(c2ccc(Cl)c(Cl)c2)C1. The lowest BCUT2D eigenvalue weighted by Gasteiger charge is -2.30. The lowest BCUT2D eigenvalue weighted by Crippen LogP contribution is -2.41. The third kappa shape index (κ3) is 2.51. The minimum atomic E-state index is -0.527. The second-order valence-electron chi connectivity index (χ2n) is 8.09. The Bertz CT molecular complexity index is 687. The zero-order chi connectivity index (χ0) is 17.9. The van der Waals surface area contributed by atoms with Crippen molar-refractivity contribution >= 4 is 29.3 Å². The number of benzene rings is 1. The van der Waals surface area contributed by atoms with Gasteiger partial charge in [0, 0.05) is 30.5 Å². The van der Waals surface area contributed by atoms with Crippen LogP contribution >= 0.6 is 23.2 Å². The molecule has 1 saturated carbocycles. The van der Waals surface area contributed by atoms with Crippen molar-refractivity contribution in [2.24, 2.45) is 11.3 Å². The maximum atomic E-state index is 12.4. The molecular weight excluding hydrogens is 349 g/mol. The highest BCUT2D eigenvalue weighted by atomic mass is 35.5. The van der Waals surface area contributed by atoms with E-state index < -0.39 is 5.60 Å². The Hall–Kier alpha value is -0.970. The molecule has 1 N–H and O–H groups in total. The van der Waals surface area contributed by atoms with Crippen LogP contribution in [-0.4, -0.2) is 41.4 Å². The highest BCUT2D eigenvalue weighted by Crippen LogP contribution is 2.72. The van der Waals surface area contributed by atoms with E-state index in [0.717, 1.165) is 5.56 Å². The molecule has 24 heavy (non-hydrogen) atoms. The molecule has 3 unspecified atom stereocenters. The Morgan fingerprint density at radius 1 is 1.38 bits per heavy atom. The number of fused-ring (bicyclic) bond motifs is 1. The molecule has 4 nitrogen and oxygen atoms in total. The van der Waals surface area contributed by atoms with Crippen LogP contribution in [0.3, 0.4) is 0 Å². The van der Waals surface area contributed by atoms with E-state index in [0.29, 0.717) is 23.1 Å². The standard InChI is InChI=1S/C18H23Cl2NO3/c1-16(2,3)24-15(23)21-8-14-17(4,10-22)18(14,9-21)11-5-6-12(19)13(20)7-11/h5-7,14,22H,8-10H2,1-4H3. The first kappa shape index (κ1) is 17.8. The lowest BCUT2D eigenvalue weighted by molar-refractivity contribution is 0.0229. The summed E-state index contributed by atoms with van der Waals surface area (Å²) in [5.74, 6) is 0.180. The molecule has 0 radical (unpaired) electrons. The van der Waals surface area contributed by atoms with Gasteiger partial charge in [-0.15, -0.1) is 0 Å². The van der Waals surface area contributed by atoms with Crippen molar-refractivity contribution < 1.29 is 14.6 Å². The summed E-state index contributed by atoms with van der Waals surface area (Å²) in [5.41, 5.74) is -0.0688. The third-order valence-electron chi connectivity index (χ3n) is 5.56. The first-order valence-corrected chi connectivity index (χ1v) is 8.85. The largest absolute Gasteiger partial charge is 0.444 e. The smallest absolute Gasteiger partial charge is 0.410 e. The molecule has 1 aromatic carbocycles. The van der Waals surface area contributed by atoms with Crippen LogP contribution in [0.1, 0.15) is 33.3 Å². The van der Waals surface area contributed by atoms with E-state index in [-0.39, 0.29) is 29.4 Å². The molecule has 1 saturated heterocycles. The summed E-state index contributed by atoms with van der Waals surface area (Å²) in [4.78, 5) is 14.1. The minimum Gasteiger partial charge on any atom is -0.444 e. The van der Waals surface area contributed by atoms with E-state index in [2.05, 4.69) is 6.92 Å². The van der Waals surface area contributed by atoms with Crippen molar-refractivity contribution in [3.63, 3.8) is 0 Å². The fraction of sp³-hybridized carbons (Fsp3) is 0.611. The minimum absolute atomic E-state index is 0.0695. The Morgan fingerprint density at radius 2 is 2.04 bits per heavy atom. The maximum Gasteiger partial charge on any atom is 0.410 e. The fourth-order valence-electron chi connectivity index (χ4n) is 4.21. The molecule has 1 aromatic rings. The second kappa shape index (κ2) is 5.52. The molecule has 1 aliphatic carbocycles. The van der Waals surface area contributed by atoms with Crippen molar-refractivity contribution in [1.29, 1.82) is 0 Å². The van der Waals surface area contributed by atoms with Crippen molar-refractivity contribution in [3.8, 4) is 0 Å². The molecule has 2 fully saturated rings. The number of rotatable bonds is 2. The van der Waals surface area contributed by atoms with E-state index in [1.54, 1.807) is 11.0 Å². The van der Waals surface area contributed by atoms with Crippen molar-refractivity contribution in [2.75, 3.05) is 19.7 Å². The monoisotopic (exact) mass is 371 g/mol. The van der Waals surface area contributed by atoms with Crippen LogP contribution in [0, 0.1) is 11.3 Å². The molecule has 1 aliphatic heterocycles. The van der Waals surface area contributed by atoms with Gasteiger partial charge in [-0.2, -0.15) is 0 Å². The number of aliphatic hydroxyl groups is 1. The molecule has 0 aromatic heterocycles. The number of carbonyl (C=O) groups excluding carboxylic acids is 1. The zero-order valence-corrected chi connectivity index (χ0v) is 15.9. The van der Waals surface area contributed by atoms with Gasteiger partial charge < -0.3 is 14.7 Å². The molecule has 0 bridgehead atoms. The highest BCUT2D eigenvalue weighted by Gasteiger charge is 2.78. The average Bonchev–Trinajstić information content (AvgIpc) is 2.82. The Kier molecular flexibility index (Phi) is 4.10. The number of hydrogen-bond acceptors (Lipinski definition) is 3. The van der Waals surface area contributed by atoms with Gasteiger partial charge in [0.1, 0.15) is 5.60 Å². The molecule has 3 atom stereocenters. The van der Waals surface area contributed by atoms with E-state index >= 15 is 0 Å². The Balaban J connectivity index is 1.90. The van der Waals surface area contributed by atoms with E-state index in [1.165, 1.54) is 0 Å². The molecule has 0 spiro atoms. The first-order chi connectivity index (χ1) is 11.0. The number of piperidine rings is 1. The summed E-state index contributed by atoms with van der Waals surface area (Å²) in [6, 6.07) is 5.58. The zero-order valence-electron chi connectivity index (χ0n) is 14.4. The van der Waals surface area contributed by atoms with E-state index in [1.807, 2.05) is 32.9 Å². The Labute approximate surface area is 152 Å². The van der Waals surface area contributed by atoms with Gasteiger partial charge in [-0.1, -0.05) is 36.2 Å². The van der Waals surface area contributed by atoms with Crippen LogP contribution in [0.2, 0.25) is 10.0 Å². The van der Waals surface area contributed by atoms with Crippen molar-refractivity contribution in [3.05, 3.63) is 33.8 Å². The Morgan fingerprint density at radius 3 is 2.58 bits per heavy atom. The van der Waals surface area contributed by atoms with Crippen LogP contribution in [0.5, 0.6) is 0 Å². The average molecular weight is 372 g/mol. The number of ether oxygens (including phenoxy) is 1. The van der Waals surface area contributed by atoms with Crippen molar-refractivity contribution in [1.82, 2.24) is 4.90 Å². The van der Waals surface area contributed by atoms with Gasteiger partial charge in [-0.25, -0.2) is 4.79 Å². The van der Waals surface area contributed by atoms with E-state index in [4.69, 9.17) is 27.9 Å². The number of aliphatic hydroxyl groups excluding tert-OH is 1. The fourth-order valence-corrected chi connectivity index (χ4v) is 4.51. The van der Waals surface area contributed by atoms with Crippen LogP contribution < -0.4 is 0 Å². The molecule has 1 amide bonds. The van der Waals surface area contributed by atoms with Crippen LogP contribution in [0.4, 0.5) is 4.79 Å². The predicted octanol–water partition coefficient (Wildman–Crippen LogP) is 4.11.